The second kappa shape index (κ2) is 7.05. The van der Waals surface area contributed by atoms with Gasteiger partial charge in [-0.05, 0) is 25.7 Å². The Morgan fingerprint density at radius 3 is 2.13 bits per heavy atom. The first-order valence-corrected chi connectivity index (χ1v) is 4.97. The van der Waals surface area contributed by atoms with Crippen molar-refractivity contribution in [3.05, 3.63) is 0 Å². The number of hydrogen-bond acceptors (Lipinski definition) is 3. The molecule has 0 saturated heterocycles. The molecule has 0 unspecified atom stereocenters. The molecule has 15 heavy (non-hydrogen) atoms. The minimum atomic E-state index is -0.833. The third-order valence-electron chi connectivity index (χ3n) is 2.13. The van der Waals surface area contributed by atoms with Gasteiger partial charge in [0.15, 0.2) is 5.96 Å². The van der Waals surface area contributed by atoms with Gasteiger partial charge in [0.1, 0.15) is 0 Å². The predicted molar refractivity (Wildman–Crippen MR) is 58.6 cm³/mol. The smallest absolute Gasteiger partial charge is 0.300 e. The molecule has 1 aliphatic carbocycles. The molecule has 6 heteroatoms. The number of aliphatic carboxylic acids is 1. The van der Waals surface area contributed by atoms with Gasteiger partial charge < -0.3 is 21.9 Å². The fraction of sp³-hybridized carbons (Fsp3) is 0.778. The van der Waals surface area contributed by atoms with Crippen LogP contribution in [0.4, 0.5) is 0 Å². The molecular weight excluding hydrogens is 196 g/mol. The van der Waals surface area contributed by atoms with Crippen molar-refractivity contribution >= 4 is 11.9 Å². The molecule has 0 aromatic heterocycles. The van der Waals surface area contributed by atoms with E-state index in [0.717, 1.165) is 32.6 Å². The Bertz CT molecular complexity index is 208. The van der Waals surface area contributed by atoms with Gasteiger partial charge in [-0.1, -0.05) is 0 Å². The van der Waals surface area contributed by atoms with Crippen LogP contribution in [0.15, 0.2) is 0 Å². The summed E-state index contributed by atoms with van der Waals surface area (Å²) < 4.78 is 0. The van der Waals surface area contributed by atoms with Crippen LogP contribution in [0.5, 0.6) is 0 Å². The lowest BCUT2D eigenvalue weighted by Crippen LogP contribution is -2.43. The second-order valence-corrected chi connectivity index (χ2v) is 3.69. The second-order valence-electron chi connectivity index (χ2n) is 3.69. The van der Waals surface area contributed by atoms with Crippen molar-refractivity contribution in [1.82, 2.24) is 5.32 Å². The molecule has 0 aromatic rings. The number of carboxylic acids is 1. The summed E-state index contributed by atoms with van der Waals surface area (Å²) in [4.78, 5) is 9.00. The molecule has 6 nitrogen and oxygen atoms in total. The third-order valence-corrected chi connectivity index (χ3v) is 2.13. The van der Waals surface area contributed by atoms with Crippen LogP contribution < -0.4 is 16.8 Å². The van der Waals surface area contributed by atoms with Crippen molar-refractivity contribution < 1.29 is 9.90 Å². The van der Waals surface area contributed by atoms with Crippen LogP contribution in [-0.4, -0.2) is 29.1 Å². The summed E-state index contributed by atoms with van der Waals surface area (Å²) in [5.74, 6) is -0.759. The number of carbonyl (C=O) groups is 1. The Kier molecular flexibility index (Phi) is 6.44. The summed E-state index contributed by atoms with van der Waals surface area (Å²) in [6.07, 6.45) is 4.18. The van der Waals surface area contributed by atoms with E-state index in [1.54, 1.807) is 0 Å². The summed E-state index contributed by atoms with van der Waals surface area (Å²) in [7, 11) is 0. The zero-order valence-electron chi connectivity index (χ0n) is 8.99. The largest absolute Gasteiger partial charge is 0.481 e. The Balaban J connectivity index is 0.000000423. The standard InChI is InChI=1S/C7H16N4.C2H4O2/c8-5-1-3-6(4-2-5)11-7(9)10;1-2(3)4/h5-6H,1-4,8H2,(H4,9,10,11);1H3,(H,3,4)/t5-,6-;. The van der Waals surface area contributed by atoms with Crippen molar-refractivity contribution in [3.8, 4) is 0 Å². The van der Waals surface area contributed by atoms with Crippen LogP contribution in [0.2, 0.25) is 0 Å². The van der Waals surface area contributed by atoms with Gasteiger partial charge in [0.2, 0.25) is 0 Å². The highest BCUT2D eigenvalue weighted by Gasteiger charge is 2.17. The van der Waals surface area contributed by atoms with Crippen LogP contribution >= 0.6 is 0 Å². The number of nitrogens with two attached hydrogens (primary N) is 2. The summed E-state index contributed by atoms with van der Waals surface area (Å²) in [5, 5.41) is 17.3. The summed E-state index contributed by atoms with van der Waals surface area (Å²) in [6.45, 7) is 1.08. The average Bonchev–Trinajstić information content (AvgIpc) is 2.07. The monoisotopic (exact) mass is 216 g/mol. The van der Waals surface area contributed by atoms with E-state index in [1.807, 2.05) is 0 Å². The van der Waals surface area contributed by atoms with Crippen LogP contribution in [-0.2, 0) is 4.79 Å². The van der Waals surface area contributed by atoms with E-state index in [0.29, 0.717) is 12.1 Å². The maximum Gasteiger partial charge on any atom is 0.300 e. The molecule has 0 atom stereocenters. The van der Waals surface area contributed by atoms with Gasteiger partial charge in [0.25, 0.3) is 5.97 Å². The highest BCUT2D eigenvalue weighted by atomic mass is 16.4. The average molecular weight is 216 g/mol. The number of rotatable bonds is 1. The molecule has 0 bridgehead atoms. The van der Waals surface area contributed by atoms with E-state index < -0.39 is 5.97 Å². The van der Waals surface area contributed by atoms with Gasteiger partial charge in [-0.25, -0.2) is 0 Å². The van der Waals surface area contributed by atoms with Crippen LogP contribution in [0, 0.1) is 5.41 Å². The lowest BCUT2D eigenvalue weighted by molar-refractivity contribution is -0.134. The zero-order chi connectivity index (χ0) is 11.8. The van der Waals surface area contributed by atoms with Gasteiger partial charge in [-0.3, -0.25) is 10.2 Å². The fourth-order valence-electron chi connectivity index (χ4n) is 1.48. The van der Waals surface area contributed by atoms with Crippen LogP contribution in [0.25, 0.3) is 0 Å². The van der Waals surface area contributed by atoms with E-state index in [-0.39, 0.29) is 5.96 Å². The molecule has 1 saturated carbocycles. The molecule has 0 spiro atoms. The zero-order valence-corrected chi connectivity index (χ0v) is 8.99. The molecule has 88 valence electrons. The lowest BCUT2D eigenvalue weighted by Gasteiger charge is -2.26. The summed E-state index contributed by atoms with van der Waals surface area (Å²) in [5.41, 5.74) is 10.9. The predicted octanol–water partition coefficient (Wildman–Crippen LogP) is -0.170. The molecule has 0 radical (unpaired) electrons. The first-order chi connectivity index (χ1) is 6.91. The van der Waals surface area contributed by atoms with Gasteiger partial charge >= 0.3 is 0 Å². The molecular formula is C9H20N4O2. The Labute approximate surface area is 89.5 Å². The molecule has 0 aromatic carbocycles. The van der Waals surface area contributed by atoms with E-state index in [9.17, 15) is 0 Å². The van der Waals surface area contributed by atoms with Gasteiger partial charge in [0, 0.05) is 19.0 Å². The van der Waals surface area contributed by atoms with Gasteiger partial charge in [0.05, 0.1) is 0 Å². The van der Waals surface area contributed by atoms with Crippen molar-refractivity contribution in [3.63, 3.8) is 0 Å². The topological polar surface area (TPSA) is 125 Å². The van der Waals surface area contributed by atoms with Crippen molar-refractivity contribution in [2.45, 2.75) is 44.7 Å². The third kappa shape index (κ3) is 9.01. The minimum Gasteiger partial charge on any atom is -0.481 e. The van der Waals surface area contributed by atoms with E-state index in [1.165, 1.54) is 0 Å². The van der Waals surface area contributed by atoms with E-state index in [2.05, 4.69) is 5.32 Å². The number of carboxylic acid groups (broad SMARTS) is 1. The Morgan fingerprint density at radius 1 is 1.40 bits per heavy atom. The molecule has 0 aliphatic heterocycles. The number of guanidine groups is 1. The molecule has 7 N–H and O–H groups in total. The van der Waals surface area contributed by atoms with Crippen molar-refractivity contribution in [1.29, 1.82) is 5.41 Å². The van der Waals surface area contributed by atoms with Crippen LogP contribution in [0.3, 0.4) is 0 Å². The quantitative estimate of drug-likeness (QED) is 0.307. The van der Waals surface area contributed by atoms with Crippen molar-refractivity contribution in [2.75, 3.05) is 0 Å². The normalized spacial score (nSPS) is 24.7. The lowest BCUT2D eigenvalue weighted by atomic mass is 9.92. The highest BCUT2D eigenvalue weighted by molar-refractivity contribution is 5.74. The van der Waals surface area contributed by atoms with Gasteiger partial charge in [-0.15, -0.1) is 0 Å². The minimum absolute atomic E-state index is 0.0745. The maximum atomic E-state index is 9.00. The first kappa shape index (κ1) is 13.7. The van der Waals surface area contributed by atoms with E-state index in [4.69, 9.17) is 26.8 Å². The highest BCUT2D eigenvalue weighted by Crippen LogP contribution is 2.16. The molecule has 0 heterocycles. The SMILES string of the molecule is CC(=O)O.N=C(N)N[C@H]1CC[C@H](N)CC1. The molecule has 1 aliphatic rings. The van der Waals surface area contributed by atoms with Crippen molar-refractivity contribution in [2.24, 2.45) is 11.5 Å². The summed E-state index contributed by atoms with van der Waals surface area (Å²) in [6, 6.07) is 0.743. The van der Waals surface area contributed by atoms with Crippen LogP contribution in [0.1, 0.15) is 32.6 Å². The number of hydrogen-bond donors (Lipinski definition) is 5. The Morgan fingerprint density at radius 2 is 1.80 bits per heavy atom. The first-order valence-electron chi connectivity index (χ1n) is 4.97. The van der Waals surface area contributed by atoms with E-state index >= 15 is 0 Å². The molecule has 0 amide bonds. The maximum absolute atomic E-state index is 9.00. The molecule has 1 rings (SSSR count). The molecule has 1 fully saturated rings. The van der Waals surface area contributed by atoms with Gasteiger partial charge in [-0.2, -0.15) is 0 Å². The number of nitrogens with one attached hydrogen (secondary N) is 2. The fourth-order valence-corrected chi connectivity index (χ4v) is 1.48. The Hall–Kier alpha value is -1.30. The summed E-state index contributed by atoms with van der Waals surface area (Å²) >= 11 is 0.